The quantitative estimate of drug-likeness (QED) is 0.913. The van der Waals surface area contributed by atoms with Gasteiger partial charge in [0.2, 0.25) is 0 Å². The summed E-state index contributed by atoms with van der Waals surface area (Å²) in [4.78, 5) is 6.58. The number of aromatic nitrogens is 1. The van der Waals surface area contributed by atoms with E-state index >= 15 is 0 Å². The van der Waals surface area contributed by atoms with Crippen molar-refractivity contribution < 1.29 is 0 Å². The van der Waals surface area contributed by atoms with Gasteiger partial charge in [0.05, 0.1) is 0 Å². The predicted molar refractivity (Wildman–Crippen MR) is 80.8 cm³/mol. The summed E-state index contributed by atoms with van der Waals surface area (Å²) in [6.07, 6.45) is 1.81. The van der Waals surface area contributed by atoms with Gasteiger partial charge in [-0.1, -0.05) is 12.1 Å². The smallest absolute Gasteiger partial charge is 0.137 e. The van der Waals surface area contributed by atoms with Crippen LogP contribution in [0.2, 0.25) is 0 Å². The Bertz CT molecular complexity index is 556. The highest BCUT2D eigenvalue weighted by Crippen LogP contribution is 2.28. The van der Waals surface area contributed by atoms with Crippen LogP contribution >= 0.6 is 0 Å². The Labute approximate surface area is 115 Å². The summed E-state index contributed by atoms with van der Waals surface area (Å²) in [5, 5.41) is 0. The lowest BCUT2D eigenvalue weighted by molar-refractivity contribution is 0.807. The molecule has 0 bridgehead atoms. The Kier molecular flexibility index (Phi) is 3.86. The van der Waals surface area contributed by atoms with Crippen LogP contribution in [-0.4, -0.2) is 12.0 Å². The molecule has 0 spiro atoms. The molecule has 0 aliphatic heterocycles. The van der Waals surface area contributed by atoms with Crippen LogP contribution in [0.15, 0.2) is 36.5 Å². The standard InChI is InChI=1S/C16H21N3/c1-11-8-12(2)10-14(9-11)19(4)16-15(13(3)17)6-5-7-18-16/h5-10,13H,17H2,1-4H3/t13-/m0/s1. The number of rotatable bonds is 3. The predicted octanol–water partition coefficient (Wildman–Crippen LogP) is 3.49. The van der Waals surface area contributed by atoms with Gasteiger partial charge in [0, 0.05) is 30.5 Å². The van der Waals surface area contributed by atoms with Crippen LogP contribution in [0, 0.1) is 13.8 Å². The molecule has 0 saturated heterocycles. The Balaban J connectivity index is 2.46. The fourth-order valence-corrected chi connectivity index (χ4v) is 2.31. The molecule has 0 aliphatic rings. The van der Waals surface area contributed by atoms with Gasteiger partial charge in [-0.2, -0.15) is 0 Å². The van der Waals surface area contributed by atoms with E-state index in [1.54, 1.807) is 6.20 Å². The largest absolute Gasteiger partial charge is 0.329 e. The van der Waals surface area contributed by atoms with Gasteiger partial charge >= 0.3 is 0 Å². The maximum absolute atomic E-state index is 6.02. The van der Waals surface area contributed by atoms with Crippen molar-refractivity contribution in [2.45, 2.75) is 26.8 Å². The summed E-state index contributed by atoms with van der Waals surface area (Å²) in [7, 11) is 2.03. The molecule has 1 aromatic carbocycles. The molecule has 0 saturated carbocycles. The molecule has 2 N–H and O–H groups in total. The minimum absolute atomic E-state index is 0.0305. The lowest BCUT2D eigenvalue weighted by atomic mass is 10.1. The third-order valence-corrected chi connectivity index (χ3v) is 3.22. The molecular formula is C16H21N3. The average Bonchev–Trinajstić information content (AvgIpc) is 2.36. The van der Waals surface area contributed by atoms with Crippen LogP contribution in [0.4, 0.5) is 11.5 Å². The van der Waals surface area contributed by atoms with Crippen molar-refractivity contribution in [3.8, 4) is 0 Å². The van der Waals surface area contributed by atoms with Crippen molar-refractivity contribution in [2.75, 3.05) is 11.9 Å². The zero-order valence-electron chi connectivity index (χ0n) is 12.0. The molecule has 1 atom stereocenters. The zero-order chi connectivity index (χ0) is 14.0. The molecule has 0 amide bonds. The zero-order valence-corrected chi connectivity index (χ0v) is 12.0. The Morgan fingerprint density at radius 3 is 2.37 bits per heavy atom. The van der Waals surface area contributed by atoms with E-state index in [2.05, 4.69) is 41.9 Å². The molecular weight excluding hydrogens is 234 g/mol. The minimum atomic E-state index is -0.0305. The van der Waals surface area contributed by atoms with E-state index in [9.17, 15) is 0 Å². The van der Waals surface area contributed by atoms with Gasteiger partial charge < -0.3 is 10.6 Å². The molecule has 0 fully saturated rings. The summed E-state index contributed by atoms with van der Waals surface area (Å²) in [6.45, 7) is 6.19. The summed E-state index contributed by atoms with van der Waals surface area (Å²) < 4.78 is 0. The summed E-state index contributed by atoms with van der Waals surface area (Å²) in [5.74, 6) is 0.919. The first kappa shape index (κ1) is 13.6. The second kappa shape index (κ2) is 5.41. The second-order valence-corrected chi connectivity index (χ2v) is 5.11. The number of nitrogens with zero attached hydrogens (tertiary/aromatic N) is 2. The number of benzene rings is 1. The van der Waals surface area contributed by atoms with Gasteiger partial charge in [-0.3, -0.25) is 0 Å². The number of nitrogens with two attached hydrogens (primary N) is 1. The van der Waals surface area contributed by atoms with Crippen molar-refractivity contribution in [2.24, 2.45) is 5.73 Å². The van der Waals surface area contributed by atoms with E-state index in [1.807, 2.05) is 26.1 Å². The topological polar surface area (TPSA) is 42.2 Å². The van der Waals surface area contributed by atoms with Gasteiger partial charge in [-0.05, 0) is 50.1 Å². The number of hydrogen-bond acceptors (Lipinski definition) is 3. The van der Waals surface area contributed by atoms with Gasteiger partial charge in [0.1, 0.15) is 5.82 Å². The lowest BCUT2D eigenvalue weighted by Crippen LogP contribution is -2.17. The van der Waals surface area contributed by atoms with E-state index in [1.165, 1.54) is 11.1 Å². The number of pyridine rings is 1. The van der Waals surface area contributed by atoms with Gasteiger partial charge in [0.15, 0.2) is 0 Å². The minimum Gasteiger partial charge on any atom is -0.329 e. The van der Waals surface area contributed by atoms with Crippen LogP contribution < -0.4 is 10.6 Å². The van der Waals surface area contributed by atoms with Crippen LogP contribution in [0.1, 0.15) is 29.7 Å². The molecule has 1 heterocycles. The van der Waals surface area contributed by atoms with Crippen LogP contribution in [0.25, 0.3) is 0 Å². The first-order valence-electron chi connectivity index (χ1n) is 6.51. The summed E-state index contributed by atoms with van der Waals surface area (Å²) in [5.41, 5.74) is 10.7. The number of aryl methyl sites for hydroxylation is 2. The van der Waals surface area contributed by atoms with Crippen molar-refractivity contribution in [3.05, 3.63) is 53.2 Å². The lowest BCUT2D eigenvalue weighted by Gasteiger charge is -2.23. The average molecular weight is 255 g/mol. The highest BCUT2D eigenvalue weighted by Gasteiger charge is 2.13. The first-order chi connectivity index (χ1) is 8.99. The summed E-state index contributed by atoms with van der Waals surface area (Å²) in [6, 6.07) is 10.4. The number of hydrogen-bond donors (Lipinski definition) is 1. The van der Waals surface area contributed by atoms with E-state index in [0.29, 0.717) is 0 Å². The molecule has 100 valence electrons. The molecule has 19 heavy (non-hydrogen) atoms. The molecule has 3 nitrogen and oxygen atoms in total. The fraction of sp³-hybridized carbons (Fsp3) is 0.312. The molecule has 1 aromatic heterocycles. The molecule has 2 aromatic rings. The van der Waals surface area contributed by atoms with E-state index in [-0.39, 0.29) is 6.04 Å². The third-order valence-electron chi connectivity index (χ3n) is 3.22. The fourth-order valence-electron chi connectivity index (χ4n) is 2.31. The normalized spacial score (nSPS) is 12.3. The maximum atomic E-state index is 6.02. The first-order valence-corrected chi connectivity index (χ1v) is 6.51. The highest BCUT2D eigenvalue weighted by atomic mass is 15.2. The molecule has 0 aliphatic carbocycles. The van der Waals surface area contributed by atoms with Crippen molar-refractivity contribution >= 4 is 11.5 Å². The van der Waals surface area contributed by atoms with E-state index in [4.69, 9.17) is 5.73 Å². The Hall–Kier alpha value is -1.87. The molecule has 2 rings (SSSR count). The molecule has 0 unspecified atom stereocenters. The second-order valence-electron chi connectivity index (χ2n) is 5.11. The van der Waals surface area contributed by atoms with Gasteiger partial charge in [-0.15, -0.1) is 0 Å². The van der Waals surface area contributed by atoms with Gasteiger partial charge in [0.25, 0.3) is 0 Å². The molecule has 3 heteroatoms. The van der Waals surface area contributed by atoms with Crippen molar-refractivity contribution in [1.82, 2.24) is 4.98 Å². The number of anilines is 2. The maximum Gasteiger partial charge on any atom is 0.137 e. The van der Waals surface area contributed by atoms with Crippen molar-refractivity contribution in [3.63, 3.8) is 0 Å². The van der Waals surface area contributed by atoms with Crippen LogP contribution in [0.3, 0.4) is 0 Å². The Morgan fingerprint density at radius 2 is 1.79 bits per heavy atom. The van der Waals surface area contributed by atoms with Gasteiger partial charge in [-0.25, -0.2) is 4.98 Å². The van der Waals surface area contributed by atoms with E-state index in [0.717, 1.165) is 17.1 Å². The highest BCUT2D eigenvalue weighted by molar-refractivity contribution is 5.64. The SMILES string of the molecule is Cc1cc(C)cc(N(C)c2ncccc2[C@H](C)N)c1. The molecule has 0 radical (unpaired) electrons. The van der Waals surface area contributed by atoms with Crippen LogP contribution in [0.5, 0.6) is 0 Å². The summed E-state index contributed by atoms with van der Waals surface area (Å²) >= 11 is 0. The monoisotopic (exact) mass is 255 g/mol. The van der Waals surface area contributed by atoms with Crippen LogP contribution in [-0.2, 0) is 0 Å². The van der Waals surface area contributed by atoms with E-state index < -0.39 is 0 Å². The van der Waals surface area contributed by atoms with Crippen molar-refractivity contribution in [1.29, 1.82) is 0 Å². The Morgan fingerprint density at radius 1 is 1.16 bits per heavy atom. The third kappa shape index (κ3) is 2.93.